The Bertz CT molecular complexity index is 160. The maximum atomic E-state index is 5.56. The molecule has 0 aromatic carbocycles. The highest BCUT2D eigenvalue weighted by Gasteiger charge is 2.08. The lowest BCUT2D eigenvalue weighted by Crippen LogP contribution is -2.37. The molecule has 0 spiro atoms. The lowest BCUT2D eigenvalue weighted by atomic mass is 10.4. The molecule has 1 aliphatic heterocycles. The minimum Gasteiger partial charge on any atom is -0.345 e. The van der Waals surface area contributed by atoms with Gasteiger partial charge in [-0.05, 0) is 13.0 Å². The maximum absolute atomic E-state index is 5.56. The summed E-state index contributed by atoms with van der Waals surface area (Å²) in [5.74, 6) is 0. The van der Waals surface area contributed by atoms with Crippen LogP contribution in [0.3, 0.4) is 0 Å². The second-order valence-electron chi connectivity index (χ2n) is 2.13. The first kappa shape index (κ1) is 6.29. The first-order valence-corrected chi connectivity index (χ1v) is 2.90. The standard InChI is InChI=1S/C6H11N3/c1-5-3-4-8-6(7)9(5)2/h3-4,6H,7H2,1-2H3. The summed E-state index contributed by atoms with van der Waals surface area (Å²) in [6.45, 7) is 2.00. The van der Waals surface area contributed by atoms with Crippen molar-refractivity contribution in [1.29, 1.82) is 0 Å². The topological polar surface area (TPSA) is 41.6 Å². The van der Waals surface area contributed by atoms with Crippen molar-refractivity contribution >= 4 is 6.21 Å². The Labute approximate surface area is 54.9 Å². The minimum absolute atomic E-state index is 0.185. The molecule has 0 aromatic rings. The lowest BCUT2D eigenvalue weighted by Gasteiger charge is -2.25. The number of hydrogen-bond acceptors (Lipinski definition) is 3. The molecule has 2 N–H and O–H groups in total. The van der Waals surface area contributed by atoms with E-state index in [4.69, 9.17) is 5.73 Å². The van der Waals surface area contributed by atoms with Crippen molar-refractivity contribution < 1.29 is 0 Å². The molecule has 0 fully saturated rings. The van der Waals surface area contributed by atoms with Gasteiger partial charge in [-0.15, -0.1) is 0 Å². The fourth-order valence-electron chi connectivity index (χ4n) is 0.665. The van der Waals surface area contributed by atoms with Crippen LogP contribution in [0.1, 0.15) is 6.92 Å². The SMILES string of the molecule is CC1=CC=NC(N)N1C. The number of aliphatic imine (C=N–C) groups is 1. The van der Waals surface area contributed by atoms with E-state index in [1.165, 1.54) is 0 Å². The quantitative estimate of drug-likeness (QED) is 0.500. The molecule has 1 rings (SSSR count). The van der Waals surface area contributed by atoms with E-state index in [1.54, 1.807) is 6.21 Å². The van der Waals surface area contributed by atoms with Gasteiger partial charge in [0.25, 0.3) is 0 Å². The Morgan fingerprint density at radius 2 is 2.44 bits per heavy atom. The van der Waals surface area contributed by atoms with Gasteiger partial charge in [-0.1, -0.05) is 0 Å². The van der Waals surface area contributed by atoms with E-state index < -0.39 is 0 Å². The van der Waals surface area contributed by atoms with E-state index in [1.807, 2.05) is 24.9 Å². The fourth-order valence-corrected chi connectivity index (χ4v) is 0.665. The van der Waals surface area contributed by atoms with E-state index in [0.29, 0.717) is 0 Å². The van der Waals surface area contributed by atoms with Gasteiger partial charge in [-0.3, -0.25) is 10.7 Å². The number of allylic oxidation sites excluding steroid dienone is 2. The molecule has 1 atom stereocenters. The van der Waals surface area contributed by atoms with Crippen molar-refractivity contribution in [2.45, 2.75) is 13.2 Å². The molecule has 1 aliphatic rings. The zero-order chi connectivity index (χ0) is 6.85. The summed E-state index contributed by atoms with van der Waals surface area (Å²) in [5.41, 5.74) is 6.71. The second kappa shape index (κ2) is 2.19. The van der Waals surface area contributed by atoms with Crippen LogP contribution in [-0.2, 0) is 0 Å². The summed E-state index contributed by atoms with van der Waals surface area (Å²) in [6, 6.07) is 0. The molecule has 9 heavy (non-hydrogen) atoms. The molecule has 3 nitrogen and oxygen atoms in total. The first-order chi connectivity index (χ1) is 4.22. The Hall–Kier alpha value is -0.830. The fraction of sp³-hybridized carbons (Fsp3) is 0.500. The van der Waals surface area contributed by atoms with Crippen LogP contribution in [0.2, 0.25) is 0 Å². The molecule has 0 radical (unpaired) electrons. The summed E-state index contributed by atoms with van der Waals surface area (Å²) < 4.78 is 0. The molecule has 3 heteroatoms. The Morgan fingerprint density at radius 1 is 1.78 bits per heavy atom. The van der Waals surface area contributed by atoms with Crippen molar-refractivity contribution in [2.24, 2.45) is 10.7 Å². The highest BCUT2D eigenvalue weighted by atomic mass is 15.3. The Balaban J connectivity index is 2.73. The predicted octanol–water partition coefficient (Wildman–Crippen LogP) is 0.149. The van der Waals surface area contributed by atoms with Crippen LogP contribution in [0.5, 0.6) is 0 Å². The summed E-state index contributed by atoms with van der Waals surface area (Å²) in [4.78, 5) is 5.88. The van der Waals surface area contributed by atoms with E-state index >= 15 is 0 Å². The first-order valence-electron chi connectivity index (χ1n) is 2.90. The average Bonchev–Trinajstić information content (AvgIpc) is 1.83. The minimum atomic E-state index is -0.185. The third kappa shape index (κ3) is 1.10. The molecule has 0 amide bonds. The van der Waals surface area contributed by atoms with Gasteiger partial charge in [-0.2, -0.15) is 0 Å². The molecule has 1 heterocycles. The van der Waals surface area contributed by atoms with Crippen LogP contribution in [0.15, 0.2) is 16.8 Å². The van der Waals surface area contributed by atoms with Crippen LogP contribution >= 0.6 is 0 Å². The summed E-state index contributed by atoms with van der Waals surface area (Å²) in [6.07, 6.45) is 3.48. The molecule has 0 aromatic heterocycles. The van der Waals surface area contributed by atoms with Gasteiger partial charge in [-0.25, -0.2) is 0 Å². The lowest BCUT2D eigenvalue weighted by molar-refractivity contribution is 0.317. The van der Waals surface area contributed by atoms with Gasteiger partial charge in [0.2, 0.25) is 0 Å². The highest BCUT2D eigenvalue weighted by Crippen LogP contribution is 2.05. The van der Waals surface area contributed by atoms with Crippen molar-refractivity contribution in [1.82, 2.24) is 4.90 Å². The van der Waals surface area contributed by atoms with E-state index in [0.717, 1.165) is 5.70 Å². The summed E-state index contributed by atoms with van der Waals surface area (Å²) in [5, 5.41) is 0. The van der Waals surface area contributed by atoms with Gasteiger partial charge in [0.15, 0.2) is 6.29 Å². The normalized spacial score (nSPS) is 26.3. The van der Waals surface area contributed by atoms with Gasteiger partial charge in [0.1, 0.15) is 0 Å². The predicted molar refractivity (Wildman–Crippen MR) is 38.0 cm³/mol. The smallest absolute Gasteiger partial charge is 0.173 e. The van der Waals surface area contributed by atoms with E-state index in [9.17, 15) is 0 Å². The van der Waals surface area contributed by atoms with Crippen LogP contribution in [0.4, 0.5) is 0 Å². The summed E-state index contributed by atoms with van der Waals surface area (Å²) >= 11 is 0. The van der Waals surface area contributed by atoms with Crippen molar-refractivity contribution in [2.75, 3.05) is 7.05 Å². The van der Waals surface area contributed by atoms with E-state index in [-0.39, 0.29) is 6.29 Å². The number of nitrogens with two attached hydrogens (primary N) is 1. The van der Waals surface area contributed by atoms with Gasteiger partial charge < -0.3 is 4.90 Å². The van der Waals surface area contributed by atoms with Crippen molar-refractivity contribution in [3.63, 3.8) is 0 Å². The summed E-state index contributed by atoms with van der Waals surface area (Å²) in [7, 11) is 1.92. The molecule has 50 valence electrons. The van der Waals surface area contributed by atoms with Gasteiger partial charge in [0, 0.05) is 19.0 Å². The van der Waals surface area contributed by atoms with Gasteiger partial charge in [0.05, 0.1) is 0 Å². The highest BCUT2D eigenvalue weighted by molar-refractivity contribution is 5.72. The van der Waals surface area contributed by atoms with Crippen LogP contribution in [0.25, 0.3) is 0 Å². The third-order valence-corrected chi connectivity index (χ3v) is 1.51. The van der Waals surface area contributed by atoms with Crippen molar-refractivity contribution in [3.05, 3.63) is 11.8 Å². The maximum Gasteiger partial charge on any atom is 0.173 e. The second-order valence-corrected chi connectivity index (χ2v) is 2.13. The Morgan fingerprint density at radius 3 is 2.89 bits per heavy atom. The zero-order valence-corrected chi connectivity index (χ0v) is 5.70. The van der Waals surface area contributed by atoms with Crippen molar-refractivity contribution in [3.8, 4) is 0 Å². The Kier molecular flexibility index (Phi) is 1.53. The van der Waals surface area contributed by atoms with Crippen LogP contribution in [-0.4, -0.2) is 24.5 Å². The third-order valence-electron chi connectivity index (χ3n) is 1.51. The van der Waals surface area contributed by atoms with Crippen LogP contribution < -0.4 is 5.73 Å². The molecule has 1 unspecified atom stereocenters. The molecular formula is C6H11N3. The zero-order valence-electron chi connectivity index (χ0n) is 5.70. The number of hydrogen-bond donors (Lipinski definition) is 1. The molecular weight excluding hydrogens is 114 g/mol. The molecule has 0 aliphatic carbocycles. The molecule has 0 saturated heterocycles. The van der Waals surface area contributed by atoms with Crippen LogP contribution in [0, 0.1) is 0 Å². The molecule has 0 saturated carbocycles. The number of nitrogens with zero attached hydrogens (tertiary/aromatic N) is 2. The largest absolute Gasteiger partial charge is 0.345 e. The van der Waals surface area contributed by atoms with Gasteiger partial charge >= 0.3 is 0 Å². The average molecular weight is 125 g/mol. The van der Waals surface area contributed by atoms with E-state index in [2.05, 4.69) is 4.99 Å². The number of rotatable bonds is 0. The monoisotopic (exact) mass is 125 g/mol. The molecule has 0 bridgehead atoms.